The second-order valence-electron chi connectivity index (χ2n) is 4.50. The number of hydrogen-bond acceptors (Lipinski definition) is 3. The Balaban J connectivity index is 2.78. The zero-order chi connectivity index (χ0) is 11.8. The predicted octanol–water partition coefficient (Wildman–Crippen LogP) is 1.46. The average molecular weight is 212 g/mol. The van der Waals surface area contributed by atoms with E-state index >= 15 is 0 Å². The summed E-state index contributed by atoms with van der Waals surface area (Å²) >= 11 is 0. The first-order valence-electron chi connectivity index (χ1n) is 4.82. The molecule has 4 heteroatoms. The maximum atomic E-state index is 11.1. The van der Waals surface area contributed by atoms with E-state index in [1.807, 2.05) is 13.8 Å². The number of carboxylic acid groups (broad SMARTS) is 1. The van der Waals surface area contributed by atoms with Gasteiger partial charge in [-0.25, -0.2) is 4.79 Å². The fourth-order valence-corrected chi connectivity index (χ4v) is 1.96. The number of allylic oxidation sites excluding steroid dienone is 1. The van der Waals surface area contributed by atoms with E-state index in [0.717, 1.165) is 0 Å². The highest BCUT2D eigenvalue weighted by Crippen LogP contribution is 2.59. The molecule has 1 fully saturated rings. The van der Waals surface area contributed by atoms with E-state index in [1.165, 1.54) is 7.11 Å². The number of aliphatic carboxylic acids is 1. The summed E-state index contributed by atoms with van der Waals surface area (Å²) in [6.45, 7) is 5.41. The van der Waals surface area contributed by atoms with Crippen molar-refractivity contribution in [1.82, 2.24) is 0 Å². The van der Waals surface area contributed by atoms with E-state index in [4.69, 9.17) is 5.11 Å². The quantitative estimate of drug-likeness (QED) is 0.568. The Hall–Kier alpha value is -1.32. The summed E-state index contributed by atoms with van der Waals surface area (Å²) in [5.74, 6) is -1.67. The number of hydrogen-bond donors (Lipinski definition) is 1. The zero-order valence-corrected chi connectivity index (χ0v) is 9.40. The number of rotatable bonds is 3. The number of esters is 1. The zero-order valence-electron chi connectivity index (χ0n) is 9.40. The van der Waals surface area contributed by atoms with Gasteiger partial charge >= 0.3 is 11.9 Å². The molecule has 0 aliphatic heterocycles. The minimum atomic E-state index is -0.807. The Morgan fingerprint density at radius 3 is 2.27 bits per heavy atom. The average Bonchev–Trinajstić information content (AvgIpc) is 2.66. The van der Waals surface area contributed by atoms with Gasteiger partial charge in [0.2, 0.25) is 0 Å². The Kier molecular flexibility index (Phi) is 2.88. The van der Waals surface area contributed by atoms with Gasteiger partial charge in [-0.3, -0.25) is 4.79 Å². The smallest absolute Gasteiger partial charge is 0.333 e. The monoisotopic (exact) mass is 212 g/mol. The molecule has 0 unspecified atom stereocenters. The minimum Gasteiger partial charge on any atom is -0.481 e. The molecule has 15 heavy (non-hydrogen) atoms. The third-order valence-corrected chi connectivity index (χ3v) is 3.11. The van der Waals surface area contributed by atoms with Gasteiger partial charge in [0.05, 0.1) is 13.0 Å². The van der Waals surface area contributed by atoms with Gasteiger partial charge in [0.15, 0.2) is 0 Å². The van der Waals surface area contributed by atoms with Gasteiger partial charge < -0.3 is 9.84 Å². The fourth-order valence-electron chi connectivity index (χ4n) is 1.96. The maximum Gasteiger partial charge on any atom is 0.333 e. The van der Waals surface area contributed by atoms with Gasteiger partial charge in [0, 0.05) is 5.57 Å². The largest absolute Gasteiger partial charge is 0.481 e. The molecule has 0 aromatic heterocycles. The van der Waals surface area contributed by atoms with Crippen LogP contribution >= 0.6 is 0 Å². The molecule has 84 valence electrons. The van der Waals surface area contributed by atoms with E-state index in [1.54, 1.807) is 13.0 Å². The van der Waals surface area contributed by atoms with Crippen molar-refractivity contribution < 1.29 is 19.4 Å². The molecular weight excluding hydrogens is 196 g/mol. The lowest BCUT2D eigenvalue weighted by Crippen LogP contribution is -2.03. The number of carbonyl (C=O) groups excluding carboxylic acids is 1. The molecule has 1 aliphatic rings. The summed E-state index contributed by atoms with van der Waals surface area (Å²) in [4.78, 5) is 22.0. The molecule has 0 radical (unpaired) electrons. The van der Waals surface area contributed by atoms with Crippen LogP contribution < -0.4 is 0 Å². The van der Waals surface area contributed by atoms with E-state index in [0.29, 0.717) is 5.57 Å². The summed E-state index contributed by atoms with van der Waals surface area (Å²) < 4.78 is 4.55. The van der Waals surface area contributed by atoms with Crippen molar-refractivity contribution in [1.29, 1.82) is 0 Å². The normalized spacial score (nSPS) is 28.4. The topological polar surface area (TPSA) is 63.6 Å². The number of carbonyl (C=O) groups is 2. The summed E-state index contributed by atoms with van der Waals surface area (Å²) in [7, 11) is 1.31. The molecule has 0 spiro atoms. The molecule has 0 aromatic rings. The van der Waals surface area contributed by atoms with Crippen molar-refractivity contribution in [2.24, 2.45) is 17.3 Å². The first-order valence-corrected chi connectivity index (χ1v) is 4.82. The Bertz CT molecular complexity index is 327. The standard InChI is InChI=1S/C11H16O4/c1-6(10(14)15-4)5-7-8(9(12)13)11(7,2)3/h5,7-8H,1-4H3,(H,12,13)/b6-5-/t7-,8+/m1/s1. The lowest BCUT2D eigenvalue weighted by Gasteiger charge is -1.99. The predicted molar refractivity (Wildman–Crippen MR) is 54.2 cm³/mol. The van der Waals surface area contributed by atoms with Crippen molar-refractivity contribution in [2.75, 3.05) is 7.11 Å². The third-order valence-electron chi connectivity index (χ3n) is 3.11. The molecule has 4 nitrogen and oxygen atoms in total. The second-order valence-corrected chi connectivity index (χ2v) is 4.50. The molecule has 0 aromatic carbocycles. The first kappa shape index (κ1) is 11.8. The molecule has 0 bridgehead atoms. The molecule has 2 atom stereocenters. The molecule has 0 saturated heterocycles. The second kappa shape index (κ2) is 3.68. The van der Waals surface area contributed by atoms with Gasteiger partial charge in [-0.1, -0.05) is 19.9 Å². The van der Waals surface area contributed by atoms with Gasteiger partial charge in [-0.05, 0) is 18.3 Å². The fraction of sp³-hybridized carbons (Fsp3) is 0.636. The van der Waals surface area contributed by atoms with Gasteiger partial charge in [0.1, 0.15) is 0 Å². The molecule has 0 heterocycles. The highest BCUT2D eigenvalue weighted by molar-refractivity contribution is 5.88. The molecule has 1 saturated carbocycles. The van der Waals surface area contributed by atoms with Crippen LogP contribution in [0.15, 0.2) is 11.6 Å². The Labute approximate surface area is 88.9 Å². The van der Waals surface area contributed by atoms with Crippen LogP contribution in [0.4, 0.5) is 0 Å². The maximum absolute atomic E-state index is 11.1. The van der Waals surface area contributed by atoms with Crippen LogP contribution in [0.1, 0.15) is 20.8 Å². The highest BCUT2D eigenvalue weighted by Gasteiger charge is 2.61. The third kappa shape index (κ3) is 2.03. The lowest BCUT2D eigenvalue weighted by molar-refractivity contribution is -0.139. The van der Waals surface area contributed by atoms with E-state index in [-0.39, 0.29) is 11.3 Å². The van der Waals surface area contributed by atoms with E-state index in [9.17, 15) is 9.59 Å². The highest BCUT2D eigenvalue weighted by atomic mass is 16.5. The Morgan fingerprint density at radius 2 is 1.93 bits per heavy atom. The van der Waals surface area contributed by atoms with Crippen LogP contribution in [-0.4, -0.2) is 24.2 Å². The summed E-state index contributed by atoms with van der Waals surface area (Å²) in [5, 5.41) is 8.92. The van der Waals surface area contributed by atoms with Crippen molar-refractivity contribution >= 4 is 11.9 Å². The number of carboxylic acids is 1. The van der Waals surface area contributed by atoms with Crippen LogP contribution in [0.5, 0.6) is 0 Å². The molecule has 0 amide bonds. The number of ether oxygens (including phenoxy) is 1. The van der Waals surface area contributed by atoms with Crippen molar-refractivity contribution in [3.63, 3.8) is 0 Å². The van der Waals surface area contributed by atoms with E-state index < -0.39 is 17.9 Å². The summed E-state index contributed by atoms with van der Waals surface area (Å²) in [6, 6.07) is 0. The van der Waals surface area contributed by atoms with Crippen LogP contribution in [0, 0.1) is 17.3 Å². The molecule has 1 rings (SSSR count). The number of methoxy groups -OCH3 is 1. The van der Waals surface area contributed by atoms with Crippen molar-refractivity contribution in [3.05, 3.63) is 11.6 Å². The van der Waals surface area contributed by atoms with Crippen LogP contribution in [0.3, 0.4) is 0 Å². The van der Waals surface area contributed by atoms with Gasteiger partial charge in [-0.2, -0.15) is 0 Å². The SMILES string of the molecule is COC(=O)/C(C)=C\[C@@H]1[C@@H](C(=O)O)C1(C)C. The van der Waals surface area contributed by atoms with Crippen LogP contribution in [0.2, 0.25) is 0 Å². The van der Waals surface area contributed by atoms with Crippen molar-refractivity contribution in [3.8, 4) is 0 Å². The van der Waals surface area contributed by atoms with E-state index in [2.05, 4.69) is 4.74 Å². The molecule has 1 aliphatic carbocycles. The molecule has 1 N–H and O–H groups in total. The first-order chi connectivity index (χ1) is 6.82. The van der Waals surface area contributed by atoms with Gasteiger partial charge in [0.25, 0.3) is 0 Å². The minimum absolute atomic E-state index is 0.0749. The Morgan fingerprint density at radius 1 is 1.40 bits per heavy atom. The summed E-state index contributed by atoms with van der Waals surface area (Å²) in [5.41, 5.74) is 0.209. The van der Waals surface area contributed by atoms with Crippen LogP contribution in [0.25, 0.3) is 0 Å². The van der Waals surface area contributed by atoms with Crippen molar-refractivity contribution in [2.45, 2.75) is 20.8 Å². The van der Waals surface area contributed by atoms with Gasteiger partial charge in [-0.15, -0.1) is 0 Å². The lowest BCUT2D eigenvalue weighted by atomic mass is 10.1. The van der Waals surface area contributed by atoms with Crippen LogP contribution in [-0.2, 0) is 14.3 Å². The molecular formula is C11H16O4. The summed E-state index contributed by atoms with van der Waals surface area (Å²) in [6.07, 6.45) is 1.70.